The van der Waals surface area contributed by atoms with E-state index in [1.165, 1.54) is 0 Å². The summed E-state index contributed by atoms with van der Waals surface area (Å²) in [4.78, 5) is 18.2. The summed E-state index contributed by atoms with van der Waals surface area (Å²) in [6.45, 7) is 5.28. The second-order valence-corrected chi connectivity index (χ2v) is 2.75. The molecule has 0 saturated carbocycles. The summed E-state index contributed by atoms with van der Waals surface area (Å²) in [6.07, 6.45) is 1.16. The molecule has 0 aromatic carbocycles. The number of carboxylic acid groups (broad SMARTS) is 2. The van der Waals surface area contributed by atoms with Gasteiger partial charge in [-0.3, -0.25) is 11.3 Å². The summed E-state index contributed by atoms with van der Waals surface area (Å²) < 4.78 is 0. The summed E-state index contributed by atoms with van der Waals surface area (Å²) >= 11 is 0. The van der Waals surface area contributed by atoms with E-state index in [1.54, 1.807) is 0 Å². The molecule has 0 spiro atoms. The van der Waals surface area contributed by atoms with Crippen molar-refractivity contribution >= 4 is 11.9 Å². The first-order valence-corrected chi connectivity index (χ1v) is 3.81. The van der Waals surface area contributed by atoms with Gasteiger partial charge < -0.3 is 10.2 Å². The van der Waals surface area contributed by atoms with E-state index in [9.17, 15) is 0 Å². The summed E-state index contributed by atoms with van der Waals surface area (Å²) in [5.74, 6) is 2.14. The van der Waals surface area contributed by atoms with E-state index in [4.69, 9.17) is 25.6 Å². The number of carbonyl (C=O) groups is 2. The third-order valence-electron chi connectivity index (χ3n) is 1.05. The van der Waals surface area contributed by atoms with Gasteiger partial charge in [-0.2, -0.15) is 0 Å². The van der Waals surface area contributed by atoms with Gasteiger partial charge in [0.2, 0.25) is 0 Å². The van der Waals surface area contributed by atoms with Crippen molar-refractivity contribution in [3.8, 4) is 0 Å². The first-order valence-electron chi connectivity index (χ1n) is 3.81. The highest BCUT2D eigenvalue weighted by atomic mass is 16.4. The molecular weight excluding hydrogens is 176 g/mol. The third-order valence-corrected chi connectivity index (χ3v) is 1.05. The molecule has 0 aliphatic rings. The number of hydrogen-bond donors (Lipinski definition) is 4. The standard InChI is InChI=1S/C5H14N2.C2H2O4/c1-5(2)3-4-7-6;3-1(4)2(5)6/h5,7H,3-4,6H2,1-2H3;(H,3,4)(H,5,6). The summed E-state index contributed by atoms with van der Waals surface area (Å²) in [7, 11) is 0. The Morgan fingerprint density at radius 3 is 1.77 bits per heavy atom. The first-order chi connectivity index (χ1) is 5.91. The molecule has 0 rings (SSSR count). The van der Waals surface area contributed by atoms with Gasteiger partial charge in [0.25, 0.3) is 0 Å². The fraction of sp³-hybridized carbons (Fsp3) is 0.714. The monoisotopic (exact) mass is 192 g/mol. The highest BCUT2D eigenvalue weighted by Crippen LogP contribution is 1.94. The average Bonchev–Trinajstić information content (AvgIpc) is 2.01. The number of hydrogen-bond acceptors (Lipinski definition) is 4. The maximum atomic E-state index is 9.10. The van der Waals surface area contributed by atoms with E-state index in [2.05, 4.69) is 19.3 Å². The van der Waals surface area contributed by atoms with Crippen LogP contribution >= 0.6 is 0 Å². The van der Waals surface area contributed by atoms with Crippen molar-refractivity contribution in [3.05, 3.63) is 0 Å². The Labute approximate surface area is 76.7 Å². The fourth-order valence-corrected chi connectivity index (χ4v) is 0.372. The lowest BCUT2D eigenvalue weighted by atomic mass is 10.1. The normalized spacial score (nSPS) is 8.92. The first kappa shape index (κ1) is 14.4. The number of nitrogens with one attached hydrogen (secondary N) is 1. The van der Waals surface area contributed by atoms with E-state index >= 15 is 0 Å². The Bertz CT molecular complexity index is 147. The van der Waals surface area contributed by atoms with Crippen molar-refractivity contribution in [1.82, 2.24) is 5.43 Å². The molecule has 0 aromatic heterocycles. The van der Waals surface area contributed by atoms with Crippen LogP contribution in [0.1, 0.15) is 20.3 Å². The van der Waals surface area contributed by atoms with Crippen LogP contribution in [0.2, 0.25) is 0 Å². The fourth-order valence-electron chi connectivity index (χ4n) is 0.372. The van der Waals surface area contributed by atoms with Crippen LogP contribution in [0.5, 0.6) is 0 Å². The number of hydrazine groups is 1. The van der Waals surface area contributed by atoms with Crippen molar-refractivity contribution in [2.45, 2.75) is 20.3 Å². The highest BCUT2D eigenvalue weighted by molar-refractivity contribution is 6.27. The minimum Gasteiger partial charge on any atom is -0.473 e. The third kappa shape index (κ3) is 18.1. The average molecular weight is 192 g/mol. The predicted octanol–water partition coefficient (Wildman–Crippen LogP) is -0.349. The molecule has 5 N–H and O–H groups in total. The van der Waals surface area contributed by atoms with Crippen molar-refractivity contribution < 1.29 is 19.8 Å². The van der Waals surface area contributed by atoms with E-state index in [0.717, 1.165) is 18.9 Å². The molecule has 6 nitrogen and oxygen atoms in total. The SMILES string of the molecule is CC(C)CCNN.O=C(O)C(=O)O. The minimum absolute atomic E-state index is 0.760. The number of nitrogens with two attached hydrogens (primary N) is 1. The molecule has 0 unspecified atom stereocenters. The number of carboxylic acids is 2. The Morgan fingerprint density at radius 1 is 1.31 bits per heavy atom. The van der Waals surface area contributed by atoms with Crippen LogP contribution in [-0.4, -0.2) is 28.7 Å². The molecule has 0 bridgehead atoms. The van der Waals surface area contributed by atoms with Crippen LogP contribution in [0.25, 0.3) is 0 Å². The number of rotatable bonds is 3. The largest absolute Gasteiger partial charge is 0.473 e. The van der Waals surface area contributed by atoms with Gasteiger partial charge in [0, 0.05) is 6.54 Å². The van der Waals surface area contributed by atoms with Crippen LogP contribution in [0.4, 0.5) is 0 Å². The molecule has 0 heterocycles. The van der Waals surface area contributed by atoms with E-state index in [-0.39, 0.29) is 0 Å². The van der Waals surface area contributed by atoms with Gasteiger partial charge in [0.05, 0.1) is 0 Å². The zero-order valence-corrected chi connectivity index (χ0v) is 7.78. The van der Waals surface area contributed by atoms with Crippen LogP contribution in [0, 0.1) is 5.92 Å². The van der Waals surface area contributed by atoms with Gasteiger partial charge in [-0.1, -0.05) is 13.8 Å². The van der Waals surface area contributed by atoms with Crippen molar-refractivity contribution in [1.29, 1.82) is 0 Å². The topological polar surface area (TPSA) is 113 Å². The number of aliphatic carboxylic acids is 2. The van der Waals surface area contributed by atoms with Gasteiger partial charge in [-0.25, -0.2) is 9.59 Å². The lowest BCUT2D eigenvalue weighted by molar-refractivity contribution is -0.159. The van der Waals surface area contributed by atoms with E-state index in [0.29, 0.717) is 0 Å². The zero-order valence-electron chi connectivity index (χ0n) is 7.78. The Balaban J connectivity index is 0. The quantitative estimate of drug-likeness (QED) is 0.276. The lowest BCUT2D eigenvalue weighted by Gasteiger charge is -2.00. The summed E-state index contributed by atoms with van der Waals surface area (Å²) in [6, 6.07) is 0. The zero-order chi connectivity index (χ0) is 10.9. The van der Waals surface area contributed by atoms with Crippen LogP contribution in [0.3, 0.4) is 0 Å². The van der Waals surface area contributed by atoms with Crippen molar-refractivity contribution in [3.63, 3.8) is 0 Å². The molecule has 0 aliphatic carbocycles. The molecule has 13 heavy (non-hydrogen) atoms. The molecule has 78 valence electrons. The van der Waals surface area contributed by atoms with E-state index < -0.39 is 11.9 Å². The van der Waals surface area contributed by atoms with Crippen LogP contribution in [0.15, 0.2) is 0 Å². The Kier molecular flexibility index (Phi) is 9.91. The van der Waals surface area contributed by atoms with Crippen LogP contribution < -0.4 is 11.3 Å². The lowest BCUT2D eigenvalue weighted by Crippen LogP contribution is -2.23. The van der Waals surface area contributed by atoms with Crippen molar-refractivity contribution in [2.75, 3.05) is 6.54 Å². The second kappa shape index (κ2) is 8.95. The smallest absolute Gasteiger partial charge is 0.414 e. The molecule has 0 radical (unpaired) electrons. The van der Waals surface area contributed by atoms with Gasteiger partial charge in [0.1, 0.15) is 0 Å². The molecular formula is C7H16N2O4. The summed E-state index contributed by atoms with van der Waals surface area (Å²) in [5.41, 5.74) is 2.60. The molecule has 0 fully saturated rings. The summed E-state index contributed by atoms with van der Waals surface area (Å²) in [5, 5.41) is 14.8. The van der Waals surface area contributed by atoms with Gasteiger partial charge in [-0.05, 0) is 12.3 Å². The Morgan fingerprint density at radius 2 is 1.69 bits per heavy atom. The molecule has 0 amide bonds. The molecule has 6 heteroatoms. The van der Waals surface area contributed by atoms with E-state index in [1.807, 2.05) is 0 Å². The van der Waals surface area contributed by atoms with Gasteiger partial charge in [-0.15, -0.1) is 0 Å². The van der Waals surface area contributed by atoms with Crippen molar-refractivity contribution in [2.24, 2.45) is 11.8 Å². The highest BCUT2D eigenvalue weighted by Gasteiger charge is 2.04. The molecule has 0 aliphatic heterocycles. The Hall–Kier alpha value is -1.14. The molecule has 0 aromatic rings. The minimum atomic E-state index is -1.82. The second-order valence-electron chi connectivity index (χ2n) is 2.75. The van der Waals surface area contributed by atoms with Gasteiger partial charge in [0.15, 0.2) is 0 Å². The maximum Gasteiger partial charge on any atom is 0.414 e. The van der Waals surface area contributed by atoms with Crippen LogP contribution in [-0.2, 0) is 9.59 Å². The van der Waals surface area contributed by atoms with Gasteiger partial charge >= 0.3 is 11.9 Å². The maximum absolute atomic E-state index is 9.10. The molecule has 0 atom stereocenters. The molecule has 0 saturated heterocycles. The predicted molar refractivity (Wildman–Crippen MR) is 46.9 cm³/mol.